The molecule has 3 rings (SSSR count). The summed E-state index contributed by atoms with van der Waals surface area (Å²) in [5, 5.41) is 30.2. The Morgan fingerprint density at radius 3 is 2.65 bits per heavy atom. The summed E-state index contributed by atoms with van der Waals surface area (Å²) in [7, 11) is -4.85. The molecule has 0 amide bonds. The van der Waals surface area contributed by atoms with E-state index >= 15 is 0 Å². The Balaban J connectivity index is 1.96. The molecule has 0 saturated carbocycles. The predicted molar refractivity (Wildman–Crippen MR) is 82.5 cm³/mol. The van der Waals surface area contributed by atoms with Gasteiger partial charge in [-0.05, 0) is 0 Å². The molecule has 0 aliphatic carbocycles. The molecule has 0 bridgehead atoms. The van der Waals surface area contributed by atoms with Crippen molar-refractivity contribution >= 4 is 24.9 Å². The predicted octanol–water partition coefficient (Wildman–Crippen LogP) is -3.21. The molecule has 0 spiro atoms. The van der Waals surface area contributed by atoms with Gasteiger partial charge in [-0.1, -0.05) is 0 Å². The van der Waals surface area contributed by atoms with Crippen molar-refractivity contribution in [2.45, 2.75) is 30.6 Å². The van der Waals surface area contributed by atoms with Gasteiger partial charge in [0.15, 0.2) is 17.4 Å². The van der Waals surface area contributed by atoms with E-state index in [0.717, 1.165) is 10.9 Å². The van der Waals surface area contributed by atoms with Gasteiger partial charge in [-0.25, -0.2) is 9.55 Å². The van der Waals surface area contributed by atoms with Crippen LogP contribution < -0.4 is 11.3 Å². The van der Waals surface area contributed by atoms with Crippen molar-refractivity contribution < 1.29 is 38.9 Å². The van der Waals surface area contributed by atoms with Crippen molar-refractivity contribution in [1.82, 2.24) is 19.5 Å². The minimum absolute atomic E-state index is 0.0615. The first-order chi connectivity index (χ1) is 12.1. The molecule has 14 nitrogen and oxygen atoms in total. The van der Waals surface area contributed by atoms with E-state index in [9.17, 15) is 24.7 Å². The van der Waals surface area contributed by atoms with E-state index in [1.54, 1.807) is 0 Å². The van der Waals surface area contributed by atoms with Crippen LogP contribution in [-0.4, -0.2) is 75.6 Å². The molecule has 0 unspecified atom stereocenters. The number of hydrogen-bond donors (Lipinski definition) is 7. The number of phosphoric ester groups is 1. The Bertz CT molecular complexity index is 909. The molecule has 0 aromatic carbocycles. The van der Waals surface area contributed by atoms with E-state index in [1.165, 1.54) is 0 Å². The molecule has 2 aromatic heterocycles. The van der Waals surface area contributed by atoms with Crippen LogP contribution in [0.5, 0.6) is 0 Å². The fourth-order valence-electron chi connectivity index (χ4n) is 2.60. The zero-order chi connectivity index (χ0) is 19.2. The van der Waals surface area contributed by atoms with Crippen LogP contribution in [0.15, 0.2) is 11.1 Å². The Morgan fingerprint density at radius 2 is 2.00 bits per heavy atom. The average Bonchev–Trinajstić information content (AvgIpc) is 2.95. The lowest BCUT2D eigenvalue weighted by Crippen LogP contribution is -2.56. The van der Waals surface area contributed by atoms with E-state index in [1.807, 2.05) is 0 Å². The number of ether oxygens (including phenoxy) is 1. The third-order valence-electron chi connectivity index (χ3n) is 3.82. The van der Waals surface area contributed by atoms with Crippen molar-refractivity contribution in [1.29, 1.82) is 0 Å². The van der Waals surface area contributed by atoms with Crippen molar-refractivity contribution in [3.05, 3.63) is 16.7 Å². The summed E-state index contributed by atoms with van der Waals surface area (Å²) in [6.45, 7) is -0.769. The minimum Gasteiger partial charge on any atom is -0.387 e. The minimum atomic E-state index is -4.85. The summed E-state index contributed by atoms with van der Waals surface area (Å²) in [4.78, 5) is 39.3. The molecule has 5 atom stereocenters. The topological polar surface area (TPSA) is 226 Å². The van der Waals surface area contributed by atoms with E-state index in [0.29, 0.717) is 0 Å². The SMILES string of the molecule is Nc1nc2c(ncn2[C@@H]2O[C@H](COP(=O)(O)O)[C@@H](O)[C@H](O)[C@H]2O)c(=O)[nH]1. The van der Waals surface area contributed by atoms with Gasteiger partial charge < -0.3 is 35.6 Å². The van der Waals surface area contributed by atoms with E-state index in [4.69, 9.17) is 20.3 Å². The van der Waals surface area contributed by atoms with Gasteiger partial charge in [0.1, 0.15) is 24.4 Å². The zero-order valence-corrected chi connectivity index (χ0v) is 13.8. The number of phosphoric acid groups is 1. The fraction of sp³-hybridized carbons (Fsp3) is 0.545. The molecule has 1 fully saturated rings. The molecule has 8 N–H and O–H groups in total. The number of aliphatic hydroxyl groups excluding tert-OH is 3. The zero-order valence-electron chi connectivity index (χ0n) is 12.9. The third kappa shape index (κ3) is 3.49. The van der Waals surface area contributed by atoms with Crippen LogP contribution in [0.4, 0.5) is 5.95 Å². The lowest BCUT2D eigenvalue weighted by Gasteiger charge is -2.40. The fourth-order valence-corrected chi connectivity index (χ4v) is 2.94. The monoisotopic (exact) mass is 393 g/mol. The van der Waals surface area contributed by atoms with Gasteiger partial charge >= 0.3 is 7.82 Å². The van der Waals surface area contributed by atoms with E-state index in [-0.39, 0.29) is 17.1 Å². The van der Waals surface area contributed by atoms with Crippen LogP contribution >= 0.6 is 7.82 Å². The molecule has 1 saturated heterocycles. The summed E-state index contributed by atoms with van der Waals surface area (Å²) >= 11 is 0. The molecule has 144 valence electrons. The summed E-state index contributed by atoms with van der Waals surface area (Å²) in [5.74, 6) is -0.225. The first kappa shape index (κ1) is 18.9. The molecular weight excluding hydrogens is 377 g/mol. The number of nitrogen functional groups attached to an aromatic ring is 1. The first-order valence-corrected chi connectivity index (χ1v) is 8.73. The average molecular weight is 393 g/mol. The summed E-state index contributed by atoms with van der Waals surface area (Å²) < 4.78 is 21.6. The van der Waals surface area contributed by atoms with Crippen LogP contribution in [0.25, 0.3) is 11.2 Å². The number of nitrogens with zero attached hydrogens (tertiary/aromatic N) is 3. The van der Waals surface area contributed by atoms with Crippen LogP contribution in [0.1, 0.15) is 6.23 Å². The number of aliphatic hydroxyl groups is 3. The van der Waals surface area contributed by atoms with Gasteiger partial charge in [-0.2, -0.15) is 4.98 Å². The number of nitrogens with one attached hydrogen (secondary N) is 1. The standard InChI is InChI=1S/C11H16N5O9P/c12-11-14-8-4(9(20)15-11)13-2-16(8)10-7(19)6(18)5(17)3(25-10)1-24-26(21,22)23/h2-3,5-7,10,17-19H,1H2,(H2,21,22,23)(H3,12,14,15,20)/t3-,5-,6+,7-,10-/m1/s1. The molecule has 1 aliphatic rings. The summed E-state index contributed by atoms with van der Waals surface area (Å²) in [6, 6.07) is 0. The lowest BCUT2D eigenvalue weighted by atomic mass is 9.98. The second-order valence-corrected chi connectivity index (χ2v) is 6.84. The highest BCUT2D eigenvalue weighted by atomic mass is 31.2. The van der Waals surface area contributed by atoms with Gasteiger partial charge in [-0.3, -0.25) is 18.9 Å². The first-order valence-electron chi connectivity index (χ1n) is 7.20. The van der Waals surface area contributed by atoms with Crippen molar-refractivity contribution in [2.24, 2.45) is 0 Å². The maximum atomic E-state index is 11.8. The number of rotatable bonds is 4. The second kappa shape index (κ2) is 6.68. The van der Waals surface area contributed by atoms with Crippen molar-refractivity contribution in [3.63, 3.8) is 0 Å². The number of nitrogens with two attached hydrogens (primary N) is 1. The highest BCUT2D eigenvalue weighted by Crippen LogP contribution is 2.38. The van der Waals surface area contributed by atoms with Crippen LogP contribution in [0.3, 0.4) is 0 Å². The molecule has 26 heavy (non-hydrogen) atoms. The third-order valence-corrected chi connectivity index (χ3v) is 4.30. The highest BCUT2D eigenvalue weighted by molar-refractivity contribution is 7.46. The summed E-state index contributed by atoms with van der Waals surface area (Å²) in [6.07, 6.45) is -6.79. The van der Waals surface area contributed by atoms with E-state index < -0.39 is 50.6 Å². The molecule has 3 heterocycles. The second-order valence-electron chi connectivity index (χ2n) is 5.60. The number of H-pyrrole nitrogens is 1. The van der Waals surface area contributed by atoms with Crippen LogP contribution in [0.2, 0.25) is 0 Å². The molecule has 15 heteroatoms. The van der Waals surface area contributed by atoms with Gasteiger partial charge in [-0.15, -0.1) is 0 Å². The maximum absolute atomic E-state index is 11.8. The number of aromatic amines is 1. The molecule has 0 radical (unpaired) electrons. The van der Waals surface area contributed by atoms with Gasteiger partial charge in [0, 0.05) is 0 Å². The maximum Gasteiger partial charge on any atom is 0.469 e. The van der Waals surface area contributed by atoms with Crippen LogP contribution in [0, 0.1) is 0 Å². The van der Waals surface area contributed by atoms with Crippen molar-refractivity contribution in [2.75, 3.05) is 12.3 Å². The van der Waals surface area contributed by atoms with Gasteiger partial charge in [0.05, 0.1) is 12.9 Å². The van der Waals surface area contributed by atoms with Crippen LogP contribution in [-0.2, 0) is 13.8 Å². The smallest absolute Gasteiger partial charge is 0.387 e. The highest BCUT2D eigenvalue weighted by Gasteiger charge is 2.45. The van der Waals surface area contributed by atoms with Gasteiger partial charge in [0.25, 0.3) is 5.56 Å². The normalized spacial score (nSPS) is 30.0. The largest absolute Gasteiger partial charge is 0.469 e. The van der Waals surface area contributed by atoms with E-state index in [2.05, 4.69) is 19.5 Å². The van der Waals surface area contributed by atoms with Crippen molar-refractivity contribution in [3.8, 4) is 0 Å². The molecule has 2 aromatic rings. The number of fused-ring (bicyclic) bond motifs is 1. The van der Waals surface area contributed by atoms with Gasteiger partial charge in [0.2, 0.25) is 5.95 Å². The number of aromatic nitrogens is 4. The number of hydrogen-bond acceptors (Lipinski definition) is 10. The molecule has 1 aliphatic heterocycles. The molecular formula is C11H16N5O9P. The quantitative estimate of drug-likeness (QED) is 0.255. The summed E-state index contributed by atoms with van der Waals surface area (Å²) in [5.41, 5.74) is 4.67. The Labute approximate surface area is 144 Å². The Hall–Kier alpha value is -1.90. The number of imidazole rings is 1. The number of anilines is 1. The Kier molecular flexibility index (Phi) is 4.85. The Morgan fingerprint density at radius 1 is 1.31 bits per heavy atom. The lowest BCUT2D eigenvalue weighted by molar-refractivity contribution is -0.249.